The molecule has 10 heteroatoms. The number of aromatic nitrogens is 6. The van der Waals surface area contributed by atoms with Gasteiger partial charge in [-0.1, -0.05) is 30.3 Å². The van der Waals surface area contributed by atoms with E-state index < -0.39 is 17.8 Å². The topological polar surface area (TPSA) is 122 Å². The number of aldehydes is 1. The highest BCUT2D eigenvalue weighted by Gasteiger charge is 2.35. The van der Waals surface area contributed by atoms with Crippen LogP contribution < -0.4 is 10.5 Å². The van der Waals surface area contributed by atoms with Crippen LogP contribution in [0.4, 0.5) is 10.2 Å². The Labute approximate surface area is 210 Å². The Bertz CT molecular complexity index is 1680. The number of hydrogen-bond donors (Lipinski definition) is 1. The van der Waals surface area contributed by atoms with Crippen LogP contribution in [0.5, 0.6) is 5.75 Å². The second kappa shape index (κ2) is 8.90. The van der Waals surface area contributed by atoms with Crippen LogP contribution in [-0.4, -0.2) is 36.0 Å². The lowest BCUT2D eigenvalue weighted by molar-refractivity contribution is -0.108. The SMILES string of the molecule is CC(C1=C(c2cccc(F)c2)C(C=O)c2ccccc2O1)n1nc(-c2cncnc2)c2c(N)ncnc21. The summed E-state index contributed by atoms with van der Waals surface area (Å²) in [5.41, 5.74) is 9.66. The summed E-state index contributed by atoms with van der Waals surface area (Å²) in [6, 6.07) is 12.9. The number of para-hydroxylation sites is 1. The van der Waals surface area contributed by atoms with E-state index in [2.05, 4.69) is 19.9 Å². The minimum Gasteiger partial charge on any atom is -0.459 e. The molecule has 2 aromatic carbocycles. The maximum absolute atomic E-state index is 14.3. The van der Waals surface area contributed by atoms with Gasteiger partial charge in [0.25, 0.3) is 0 Å². The van der Waals surface area contributed by atoms with Crippen LogP contribution in [0.25, 0.3) is 27.9 Å². The molecule has 1 aliphatic rings. The van der Waals surface area contributed by atoms with E-state index in [9.17, 15) is 9.18 Å². The number of benzene rings is 2. The summed E-state index contributed by atoms with van der Waals surface area (Å²) < 4.78 is 22.4. The fourth-order valence-corrected chi connectivity index (χ4v) is 4.74. The third-order valence-corrected chi connectivity index (χ3v) is 6.42. The molecular weight excluding hydrogens is 473 g/mol. The van der Waals surface area contributed by atoms with Crippen LogP contribution >= 0.6 is 0 Å². The van der Waals surface area contributed by atoms with Crippen LogP contribution in [0.2, 0.25) is 0 Å². The van der Waals surface area contributed by atoms with Gasteiger partial charge in [0.1, 0.15) is 53.8 Å². The Morgan fingerprint density at radius 3 is 2.65 bits per heavy atom. The number of ether oxygens (including phenoxy) is 1. The molecule has 4 heterocycles. The smallest absolute Gasteiger partial charge is 0.164 e. The molecule has 2 unspecified atom stereocenters. The maximum atomic E-state index is 14.3. The van der Waals surface area contributed by atoms with E-state index >= 15 is 0 Å². The fourth-order valence-electron chi connectivity index (χ4n) is 4.74. The van der Waals surface area contributed by atoms with Gasteiger partial charge in [-0.2, -0.15) is 5.10 Å². The number of hydrogen-bond acceptors (Lipinski definition) is 8. The van der Waals surface area contributed by atoms with Crippen molar-refractivity contribution in [1.82, 2.24) is 29.7 Å². The van der Waals surface area contributed by atoms with Gasteiger partial charge in [0.2, 0.25) is 0 Å². The molecule has 0 fully saturated rings. The van der Waals surface area contributed by atoms with Crippen LogP contribution in [0.1, 0.15) is 30.0 Å². The summed E-state index contributed by atoms with van der Waals surface area (Å²) in [4.78, 5) is 29.3. The Hall–Kier alpha value is -4.99. The van der Waals surface area contributed by atoms with Crippen molar-refractivity contribution in [2.45, 2.75) is 18.9 Å². The molecular formula is C27H20FN7O2. The summed E-state index contributed by atoms with van der Waals surface area (Å²) in [5.74, 6) is 0.148. The molecule has 2 N–H and O–H groups in total. The number of nitrogens with two attached hydrogens (primary N) is 1. The molecule has 2 atom stereocenters. The Morgan fingerprint density at radius 1 is 1.05 bits per heavy atom. The first kappa shape index (κ1) is 22.5. The molecule has 0 spiro atoms. The van der Waals surface area contributed by atoms with Crippen molar-refractivity contribution in [3.8, 4) is 17.0 Å². The largest absolute Gasteiger partial charge is 0.459 e. The molecule has 0 amide bonds. The molecule has 1 aliphatic heterocycles. The van der Waals surface area contributed by atoms with Crippen molar-refractivity contribution in [1.29, 1.82) is 0 Å². The third kappa shape index (κ3) is 3.70. The highest BCUT2D eigenvalue weighted by atomic mass is 19.1. The highest BCUT2D eigenvalue weighted by molar-refractivity contribution is 5.98. The summed E-state index contributed by atoms with van der Waals surface area (Å²) in [6.45, 7) is 1.88. The van der Waals surface area contributed by atoms with E-state index in [1.165, 1.54) is 24.8 Å². The van der Waals surface area contributed by atoms with E-state index in [0.29, 0.717) is 50.5 Å². The zero-order valence-electron chi connectivity index (χ0n) is 19.6. The lowest BCUT2D eigenvalue weighted by atomic mass is 9.83. The number of anilines is 1. The molecule has 0 saturated heterocycles. The summed E-state index contributed by atoms with van der Waals surface area (Å²) in [7, 11) is 0. The summed E-state index contributed by atoms with van der Waals surface area (Å²) in [6.07, 6.45) is 6.89. The minimum atomic E-state index is -0.673. The van der Waals surface area contributed by atoms with Crippen molar-refractivity contribution in [3.63, 3.8) is 0 Å². The molecule has 182 valence electrons. The number of carbonyl (C=O) groups is 1. The van der Waals surface area contributed by atoms with Gasteiger partial charge in [-0.15, -0.1) is 0 Å². The first-order valence-electron chi connectivity index (χ1n) is 11.5. The molecule has 9 nitrogen and oxygen atoms in total. The average molecular weight is 494 g/mol. The zero-order chi connectivity index (χ0) is 25.5. The van der Waals surface area contributed by atoms with E-state index in [1.54, 1.807) is 35.3 Å². The quantitative estimate of drug-likeness (QED) is 0.359. The van der Waals surface area contributed by atoms with Crippen molar-refractivity contribution < 1.29 is 13.9 Å². The molecule has 0 saturated carbocycles. The molecule has 0 aliphatic carbocycles. The molecule has 5 aromatic rings. The minimum absolute atomic E-state index is 0.252. The average Bonchev–Trinajstić information content (AvgIpc) is 3.33. The molecule has 37 heavy (non-hydrogen) atoms. The number of allylic oxidation sites excluding steroid dienone is 2. The fraction of sp³-hybridized carbons (Fsp3) is 0.111. The number of rotatable bonds is 5. The lowest BCUT2D eigenvalue weighted by Crippen LogP contribution is -2.23. The van der Waals surface area contributed by atoms with Crippen LogP contribution in [0.15, 0.2) is 79.3 Å². The number of carbonyl (C=O) groups excluding carboxylic acids is 1. The monoisotopic (exact) mass is 493 g/mol. The summed E-state index contributed by atoms with van der Waals surface area (Å²) in [5, 5.41) is 5.37. The predicted octanol–water partition coefficient (Wildman–Crippen LogP) is 4.35. The highest BCUT2D eigenvalue weighted by Crippen LogP contribution is 2.46. The Morgan fingerprint density at radius 2 is 1.86 bits per heavy atom. The number of nitrogen functional groups attached to an aromatic ring is 1. The normalized spacial score (nSPS) is 15.8. The lowest BCUT2D eigenvalue weighted by Gasteiger charge is -2.31. The Balaban J connectivity index is 1.61. The van der Waals surface area contributed by atoms with Crippen LogP contribution in [0, 0.1) is 5.82 Å². The van der Waals surface area contributed by atoms with Gasteiger partial charge < -0.3 is 15.3 Å². The molecule has 0 radical (unpaired) electrons. The van der Waals surface area contributed by atoms with Crippen LogP contribution in [0.3, 0.4) is 0 Å². The van der Waals surface area contributed by atoms with Crippen molar-refractivity contribution in [3.05, 3.63) is 96.3 Å². The molecule has 0 bridgehead atoms. The molecule has 3 aromatic heterocycles. The van der Waals surface area contributed by atoms with E-state index in [4.69, 9.17) is 15.6 Å². The van der Waals surface area contributed by atoms with Gasteiger partial charge in [0.15, 0.2) is 5.65 Å². The Kier molecular flexibility index (Phi) is 5.41. The maximum Gasteiger partial charge on any atom is 0.164 e. The second-order valence-electron chi connectivity index (χ2n) is 8.60. The first-order chi connectivity index (χ1) is 18.1. The van der Waals surface area contributed by atoms with Gasteiger partial charge in [-0.25, -0.2) is 29.0 Å². The van der Waals surface area contributed by atoms with Gasteiger partial charge >= 0.3 is 0 Å². The second-order valence-corrected chi connectivity index (χ2v) is 8.60. The van der Waals surface area contributed by atoms with Crippen molar-refractivity contribution >= 4 is 28.7 Å². The molecule has 6 rings (SSSR count). The third-order valence-electron chi connectivity index (χ3n) is 6.42. The zero-order valence-corrected chi connectivity index (χ0v) is 19.6. The first-order valence-corrected chi connectivity index (χ1v) is 11.5. The standard InChI is InChI=1S/C27H20FN7O2/c1-15(35-27-23(26(29)32-14-33-27)24(34-35)17-10-30-13-31-11-17)25-22(16-5-4-6-18(28)9-16)20(12-36)19-7-2-3-8-21(19)37-25/h2-15,20H,1H3,(H2,29,32,33). The van der Waals surface area contributed by atoms with Gasteiger partial charge in [0.05, 0.1) is 11.3 Å². The van der Waals surface area contributed by atoms with Crippen LogP contribution in [-0.2, 0) is 4.79 Å². The van der Waals surface area contributed by atoms with E-state index in [1.807, 2.05) is 25.1 Å². The predicted molar refractivity (Wildman–Crippen MR) is 135 cm³/mol. The number of nitrogens with zero attached hydrogens (tertiary/aromatic N) is 6. The van der Waals surface area contributed by atoms with Gasteiger partial charge in [0, 0.05) is 29.1 Å². The number of fused-ring (bicyclic) bond motifs is 2. The van der Waals surface area contributed by atoms with Gasteiger partial charge in [-0.3, -0.25) is 0 Å². The van der Waals surface area contributed by atoms with E-state index in [-0.39, 0.29) is 5.82 Å². The van der Waals surface area contributed by atoms with Crippen molar-refractivity contribution in [2.75, 3.05) is 5.73 Å². The summed E-state index contributed by atoms with van der Waals surface area (Å²) >= 11 is 0. The van der Waals surface area contributed by atoms with E-state index in [0.717, 1.165) is 6.29 Å². The number of halogens is 1. The van der Waals surface area contributed by atoms with Crippen molar-refractivity contribution in [2.24, 2.45) is 0 Å². The van der Waals surface area contributed by atoms with Gasteiger partial charge in [-0.05, 0) is 30.7 Å².